The molecule has 18 heavy (non-hydrogen) atoms. The highest BCUT2D eigenvalue weighted by molar-refractivity contribution is 5.91. The van der Waals surface area contributed by atoms with E-state index < -0.39 is 11.8 Å². The molecule has 0 saturated heterocycles. The number of anilines is 1. The van der Waals surface area contributed by atoms with Gasteiger partial charge >= 0.3 is 5.97 Å². The lowest BCUT2D eigenvalue weighted by molar-refractivity contribution is 0.0489. The largest absolute Gasteiger partial charge is 0.462 e. The summed E-state index contributed by atoms with van der Waals surface area (Å²) in [7, 11) is 0. The van der Waals surface area contributed by atoms with Gasteiger partial charge in [0.2, 0.25) is 0 Å². The summed E-state index contributed by atoms with van der Waals surface area (Å²) in [5.41, 5.74) is 6.22. The van der Waals surface area contributed by atoms with E-state index in [2.05, 4.69) is 13.8 Å². The van der Waals surface area contributed by atoms with Gasteiger partial charge in [-0.15, -0.1) is 0 Å². The molecule has 0 radical (unpaired) electrons. The van der Waals surface area contributed by atoms with Gasteiger partial charge < -0.3 is 10.5 Å². The monoisotopic (exact) mass is 253 g/mol. The number of benzene rings is 1. The first-order valence-electron chi connectivity index (χ1n) is 6.14. The van der Waals surface area contributed by atoms with Crippen molar-refractivity contribution in [3.05, 3.63) is 29.1 Å². The summed E-state index contributed by atoms with van der Waals surface area (Å²) in [6, 6.07) is 2.80. The molecular formula is C14H20FNO2. The van der Waals surface area contributed by atoms with Crippen LogP contribution >= 0.6 is 0 Å². The molecule has 0 aromatic heterocycles. The van der Waals surface area contributed by atoms with E-state index in [-0.39, 0.29) is 5.56 Å². The highest BCUT2D eigenvalue weighted by Gasteiger charge is 2.15. The van der Waals surface area contributed by atoms with Crippen LogP contribution in [0.25, 0.3) is 0 Å². The fraction of sp³-hybridized carbons (Fsp3) is 0.500. The predicted octanol–water partition coefficient (Wildman–Crippen LogP) is 3.31. The first-order valence-corrected chi connectivity index (χ1v) is 6.14. The Morgan fingerprint density at radius 3 is 2.72 bits per heavy atom. The van der Waals surface area contributed by atoms with Crippen molar-refractivity contribution in [3.63, 3.8) is 0 Å². The zero-order chi connectivity index (χ0) is 13.7. The Bertz CT molecular complexity index is 430. The van der Waals surface area contributed by atoms with Crippen LogP contribution in [0.1, 0.15) is 42.6 Å². The zero-order valence-corrected chi connectivity index (χ0v) is 11.1. The molecule has 0 aliphatic carbocycles. The molecule has 0 saturated carbocycles. The summed E-state index contributed by atoms with van der Waals surface area (Å²) in [4.78, 5) is 11.7. The molecule has 2 N–H and O–H groups in total. The molecule has 3 nitrogen and oxygen atoms in total. The van der Waals surface area contributed by atoms with Crippen LogP contribution in [0.4, 0.5) is 10.1 Å². The normalized spacial score (nSPS) is 10.7. The molecule has 0 amide bonds. The Morgan fingerprint density at radius 1 is 1.44 bits per heavy atom. The van der Waals surface area contributed by atoms with Gasteiger partial charge in [-0.05, 0) is 43.4 Å². The van der Waals surface area contributed by atoms with Gasteiger partial charge in [0.05, 0.1) is 12.2 Å². The van der Waals surface area contributed by atoms with E-state index in [0.29, 0.717) is 23.8 Å². The van der Waals surface area contributed by atoms with Crippen LogP contribution in [-0.4, -0.2) is 12.6 Å². The Morgan fingerprint density at radius 2 is 2.11 bits per heavy atom. The van der Waals surface area contributed by atoms with Crippen molar-refractivity contribution in [3.8, 4) is 0 Å². The fourth-order valence-electron chi connectivity index (χ4n) is 1.68. The van der Waals surface area contributed by atoms with Crippen molar-refractivity contribution in [2.24, 2.45) is 5.92 Å². The fourth-order valence-corrected chi connectivity index (χ4v) is 1.68. The van der Waals surface area contributed by atoms with E-state index >= 15 is 0 Å². The molecular weight excluding hydrogens is 233 g/mol. The maximum Gasteiger partial charge on any atom is 0.341 e. The summed E-state index contributed by atoms with van der Waals surface area (Å²) in [5, 5.41) is 0. The molecule has 0 fully saturated rings. The molecule has 1 rings (SSSR count). The van der Waals surface area contributed by atoms with Crippen LogP contribution in [0.3, 0.4) is 0 Å². The number of carbonyl (C=O) groups is 1. The van der Waals surface area contributed by atoms with Gasteiger partial charge in [0, 0.05) is 5.69 Å². The summed E-state index contributed by atoms with van der Waals surface area (Å²) in [6.07, 6.45) is 1.76. The van der Waals surface area contributed by atoms with Crippen LogP contribution in [0.15, 0.2) is 12.1 Å². The third kappa shape index (κ3) is 4.02. The third-order valence-electron chi connectivity index (χ3n) is 2.66. The highest BCUT2D eigenvalue weighted by Crippen LogP contribution is 2.18. The number of nitrogen functional groups attached to an aromatic ring is 1. The molecule has 0 atom stereocenters. The van der Waals surface area contributed by atoms with Crippen molar-refractivity contribution in [2.45, 2.75) is 33.6 Å². The van der Waals surface area contributed by atoms with Gasteiger partial charge in [-0.2, -0.15) is 0 Å². The summed E-state index contributed by atoms with van der Waals surface area (Å²) >= 11 is 0. The van der Waals surface area contributed by atoms with Gasteiger partial charge in [-0.1, -0.05) is 13.8 Å². The molecule has 0 aliphatic rings. The van der Waals surface area contributed by atoms with Gasteiger partial charge in [0.25, 0.3) is 0 Å². The molecule has 1 aromatic rings. The van der Waals surface area contributed by atoms with E-state index in [0.717, 1.165) is 12.8 Å². The predicted molar refractivity (Wildman–Crippen MR) is 69.9 cm³/mol. The molecule has 0 bridgehead atoms. The summed E-state index contributed by atoms with van der Waals surface area (Å²) in [6.45, 7) is 6.08. The molecule has 100 valence electrons. The number of rotatable bonds is 5. The second-order valence-corrected chi connectivity index (χ2v) is 4.87. The SMILES string of the molecule is Cc1cc(N)cc(C(=O)OCCCC(C)C)c1F. The average Bonchev–Trinajstić information content (AvgIpc) is 2.28. The quantitative estimate of drug-likeness (QED) is 0.497. The Kier molecular flexibility index (Phi) is 5.13. The van der Waals surface area contributed by atoms with Crippen molar-refractivity contribution in [2.75, 3.05) is 12.3 Å². The Balaban J connectivity index is 2.62. The van der Waals surface area contributed by atoms with Gasteiger partial charge in [0.1, 0.15) is 5.82 Å². The van der Waals surface area contributed by atoms with Crippen LogP contribution in [-0.2, 0) is 4.74 Å². The summed E-state index contributed by atoms with van der Waals surface area (Å²) in [5.74, 6) is -0.639. The average molecular weight is 253 g/mol. The summed E-state index contributed by atoms with van der Waals surface area (Å²) < 4.78 is 18.7. The highest BCUT2D eigenvalue weighted by atomic mass is 19.1. The Hall–Kier alpha value is -1.58. The molecule has 0 spiro atoms. The lowest BCUT2D eigenvalue weighted by Gasteiger charge is -2.09. The number of carbonyl (C=O) groups excluding carboxylic acids is 1. The second-order valence-electron chi connectivity index (χ2n) is 4.87. The Labute approximate surface area is 107 Å². The minimum Gasteiger partial charge on any atom is -0.462 e. The van der Waals surface area contributed by atoms with Gasteiger partial charge in [-0.25, -0.2) is 9.18 Å². The first kappa shape index (κ1) is 14.5. The van der Waals surface area contributed by atoms with Crippen molar-refractivity contribution < 1.29 is 13.9 Å². The maximum atomic E-state index is 13.7. The smallest absolute Gasteiger partial charge is 0.341 e. The molecule has 0 unspecified atom stereocenters. The minimum absolute atomic E-state index is 0.0861. The number of aryl methyl sites for hydroxylation is 1. The van der Waals surface area contributed by atoms with Crippen LogP contribution in [0.2, 0.25) is 0 Å². The van der Waals surface area contributed by atoms with Crippen LogP contribution in [0.5, 0.6) is 0 Å². The second kappa shape index (κ2) is 6.38. The lowest BCUT2D eigenvalue weighted by atomic mass is 10.1. The van der Waals surface area contributed by atoms with E-state index in [9.17, 15) is 9.18 Å². The third-order valence-corrected chi connectivity index (χ3v) is 2.66. The van der Waals surface area contributed by atoms with Crippen molar-refractivity contribution in [1.82, 2.24) is 0 Å². The zero-order valence-electron chi connectivity index (χ0n) is 11.1. The number of esters is 1. The number of hydrogen-bond acceptors (Lipinski definition) is 3. The molecule has 1 aromatic carbocycles. The number of halogens is 1. The topological polar surface area (TPSA) is 52.3 Å². The molecule has 4 heteroatoms. The van der Waals surface area contributed by atoms with Crippen LogP contribution < -0.4 is 5.73 Å². The molecule has 0 aliphatic heterocycles. The number of nitrogens with two attached hydrogens (primary N) is 1. The van der Waals surface area contributed by atoms with E-state index in [4.69, 9.17) is 10.5 Å². The van der Waals surface area contributed by atoms with Gasteiger partial charge in [0.15, 0.2) is 0 Å². The molecule has 0 heterocycles. The van der Waals surface area contributed by atoms with Gasteiger partial charge in [-0.3, -0.25) is 0 Å². The lowest BCUT2D eigenvalue weighted by Crippen LogP contribution is -2.10. The van der Waals surface area contributed by atoms with E-state index in [1.54, 1.807) is 6.92 Å². The number of ether oxygens (including phenoxy) is 1. The van der Waals surface area contributed by atoms with Crippen molar-refractivity contribution in [1.29, 1.82) is 0 Å². The number of hydrogen-bond donors (Lipinski definition) is 1. The van der Waals surface area contributed by atoms with E-state index in [1.807, 2.05) is 0 Å². The van der Waals surface area contributed by atoms with Crippen LogP contribution in [0, 0.1) is 18.7 Å². The van der Waals surface area contributed by atoms with Crippen molar-refractivity contribution >= 4 is 11.7 Å². The van der Waals surface area contributed by atoms with E-state index in [1.165, 1.54) is 12.1 Å². The standard InChI is InChI=1S/C14H20FNO2/c1-9(2)5-4-6-18-14(17)12-8-11(16)7-10(3)13(12)15/h7-9H,4-6,16H2,1-3H3. The first-order chi connectivity index (χ1) is 8.41. The minimum atomic E-state index is -0.647. The maximum absolute atomic E-state index is 13.7.